The summed E-state index contributed by atoms with van der Waals surface area (Å²) < 4.78 is 52.5. The van der Waals surface area contributed by atoms with Gasteiger partial charge in [0.2, 0.25) is 0 Å². The number of benzene rings is 2. The first-order valence-electron chi connectivity index (χ1n) is 18.8. The number of rotatable bonds is 8. The Hall–Kier alpha value is -4.63. The van der Waals surface area contributed by atoms with Crippen molar-refractivity contribution in [1.82, 2.24) is 0 Å². The fraction of sp³-hybridized carbons (Fsp3) is 0.548. The third-order valence-electron chi connectivity index (χ3n) is 12.5. The van der Waals surface area contributed by atoms with Gasteiger partial charge in [-0.2, -0.15) is 0 Å². The van der Waals surface area contributed by atoms with Crippen molar-refractivity contribution in [3.05, 3.63) is 83.9 Å². The van der Waals surface area contributed by atoms with Crippen LogP contribution in [0.3, 0.4) is 0 Å². The second kappa shape index (κ2) is 13.5. The van der Waals surface area contributed by atoms with Gasteiger partial charge in [0.05, 0.1) is 17.1 Å². The monoisotopic (exact) mass is 776 g/mol. The summed E-state index contributed by atoms with van der Waals surface area (Å²) in [6.45, 7) is 15.7. The van der Waals surface area contributed by atoms with Crippen molar-refractivity contribution >= 4 is 29.8 Å². The van der Waals surface area contributed by atoms with Crippen LogP contribution in [0.2, 0.25) is 0 Å². The largest absolute Gasteiger partial charge is 0.459 e. The number of hydrogen-bond acceptors (Lipinski definition) is 14. The molecule has 0 aromatic heterocycles. The zero-order chi connectivity index (χ0) is 40.7. The smallest absolute Gasteiger partial charge is 0.338 e. The number of fused-ring (bicyclic) bond motifs is 2. The second-order valence-corrected chi connectivity index (χ2v) is 16.1. The Morgan fingerprint density at radius 1 is 0.750 bits per heavy atom. The van der Waals surface area contributed by atoms with Gasteiger partial charge in [-0.25, -0.2) is 4.79 Å². The van der Waals surface area contributed by atoms with Crippen molar-refractivity contribution in [3.63, 3.8) is 0 Å². The Kier molecular flexibility index (Phi) is 9.54. The third-order valence-corrected chi connectivity index (χ3v) is 12.5. The van der Waals surface area contributed by atoms with Gasteiger partial charge in [0.1, 0.15) is 23.9 Å². The molecule has 300 valence electrons. The van der Waals surface area contributed by atoms with Gasteiger partial charge in [-0.1, -0.05) is 69.0 Å². The lowest BCUT2D eigenvalue weighted by Crippen LogP contribution is -2.77. The van der Waals surface area contributed by atoms with Crippen LogP contribution in [0, 0.1) is 23.7 Å². The van der Waals surface area contributed by atoms with Gasteiger partial charge < -0.3 is 43.0 Å². The molecule has 5 aliphatic rings. The van der Waals surface area contributed by atoms with E-state index in [1.165, 1.54) is 39.8 Å². The van der Waals surface area contributed by atoms with Crippen molar-refractivity contribution in [2.45, 2.75) is 121 Å². The van der Waals surface area contributed by atoms with E-state index in [0.717, 1.165) is 6.92 Å². The molecule has 14 nitrogen and oxygen atoms in total. The molecule has 0 unspecified atom stereocenters. The van der Waals surface area contributed by atoms with Crippen molar-refractivity contribution in [2.24, 2.45) is 23.7 Å². The molecule has 2 saturated heterocycles. The molecular weight excluding hydrogens is 728 g/mol. The molecule has 5 fully saturated rings. The Morgan fingerprint density at radius 3 is 1.84 bits per heavy atom. The van der Waals surface area contributed by atoms with E-state index >= 15 is 0 Å². The number of aliphatic hydroxyl groups is 1. The molecule has 3 bridgehead atoms. The highest BCUT2D eigenvalue weighted by Crippen LogP contribution is 2.73. The molecule has 2 aromatic rings. The summed E-state index contributed by atoms with van der Waals surface area (Å²) in [5.41, 5.74) is -7.35. The van der Waals surface area contributed by atoms with Gasteiger partial charge >= 0.3 is 35.8 Å². The van der Waals surface area contributed by atoms with Gasteiger partial charge in [-0.3, -0.25) is 19.2 Å². The zero-order valence-corrected chi connectivity index (χ0v) is 32.6. The van der Waals surface area contributed by atoms with Gasteiger partial charge in [0.25, 0.3) is 0 Å². The number of ether oxygens (including phenoxy) is 8. The van der Waals surface area contributed by atoms with Crippen molar-refractivity contribution in [3.8, 4) is 0 Å². The molecule has 0 spiro atoms. The topological polar surface area (TPSA) is 179 Å². The van der Waals surface area contributed by atoms with Crippen LogP contribution in [0.1, 0.15) is 77.7 Å². The average molecular weight is 777 g/mol. The molecule has 1 N–H and O–H groups in total. The zero-order valence-electron chi connectivity index (χ0n) is 32.6. The highest BCUT2D eigenvalue weighted by Gasteiger charge is 2.89. The molecule has 56 heavy (non-hydrogen) atoms. The van der Waals surface area contributed by atoms with Crippen LogP contribution in [0.25, 0.3) is 0 Å². The van der Waals surface area contributed by atoms with E-state index in [1.807, 2.05) is 0 Å². The van der Waals surface area contributed by atoms with E-state index in [1.54, 1.807) is 69.3 Å². The molecule has 2 aliphatic heterocycles. The van der Waals surface area contributed by atoms with E-state index in [-0.39, 0.29) is 12.0 Å². The fourth-order valence-electron chi connectivity index (χ4n) is 10.8. The number of esters is 5. The van der Waals surface area contributed by atoms with Crippen LogP contribution in [0.15, 0.2) is 72.8 Å². The van der Waals surface area contributed by atoms with E-state index in [0.29, 0.717) is 11.1 Å². The van der Waals surface area contributed by atoms with E-state index in [2.05, 4.69) is 6.58 Å². The third kappa shape index (κ3) is 5.47. The van der Waals surface area contributed by atoms with Crippen LogP contribution < -0.4 is 0 Å². The summed E-state index contributed by atoms with van der Waals surface area (Å²) in [7, 11) is 0. The molecule has 2 aromatic carbocycles. The standard InChI is InChI=1S/C42H48O14/c1-21(2)40-33(50-25(6)44)23(4)41-30-20-22(3)32(49-24(5)43)39(30,48)37(52-27(8)46)38(9,54-36(47)28-16-12-10-13-17-28)34(51-26(7)45)31(41)35(40)53-42(55-40,56-41)29-18-14-11-15-19-29/h10-19,22-23,30-35,37,48H,1,20H2,2-9H3/t22-,23+,30+,31-,32-,33-,34-,35+,37+,38+,39+,40-,41-,42+/m0/s1. The summed E-state index contributed by atoms with van der Waals surface area (Å²) in [5, 5.41) is 13.8. The van der Waals surface area contributed by atoms with Gasteiger partial charge in [0, 0.05) is 45.1 Å². The Balaban J connectivity index is 1.62. The van der Waals surface area contributed by atoms with E-state index in [4.69, 9.17) is 37.9 Å². The quantitative estimate of drug-likeness (QED) is 0.228. The van der Waals surface area contributed by atoms with Crippen molar-refractivity contribution < 1.29 is 67.0 Å². The van der Waals surface area contributed by atoms with Crippen LogP contribution in [0.5, 0.6) is 0 Å². The van der Waals surface area contributed by atoms with Crippen LogP contribution in [0.4, 0.5) is 0 Å². The van der Waals surface area contributed by atoms with Crippen LogP contribution in [-0.4, -0.2) is 87.9 Å². The summed E-state index contributed by atoms with van der Waals surface area (Å²) in [6, 6.07) is 16.8. The van der Waals surface area contributed by atoms with E-state index in [9.17, 15) is 29.1 Å². The SMILES string of the molecule is C=C(C)[C@@]12O[C@@]3(c4ccccc4)O[C@@H]1[C@@H]1[C@H](OC(C)=O)[C@@](C)(OC(=O)c4ccccc4)[C@@H](OC(C)=O)[C@@]4(O)[C@@H](C[C@H](C)[C@@H]4OC(C)=O)[C@@]1(O3)[C@H](C)[C@@H]2OC(C)=O. The molecule has 2 heterocycles. The Labute approximate surface area is 324 Å². The first-order chi connectivity index (χ1) is 26.3. The van der Waals surface area contributed by atoms with Crippen LogP contribution in [-0.2, 0) is 63.0 Å². The maximum absolute atomic E-state index is 14.3. The molecule has 7 rings (SSSR count). The fourth-order valence-corrected chi connectivity index (χ4v) is 10.8. The highest BCUT2D eigenvalue weighted by molar-refractivity contribution is 5.89. The molecule has 3 aliphatic carbocycles. The number of carbonyl (C=O) groups is 5. The van der Waals surface area contributed by atoms with Crippen molar-refractivity contribution in [1.29, 1.82) is 0 Å². The molecule has 14 atom stereocenters. The lowest BCUT2D eigenvalue weighted by Gasteiger charge is -2.62. The Morgan fingerprint density at radius 2 is 1.29 bits per heavy atom. The first kappa shape index (κ1) is 39.6. The predicted octanol–water partition coefficient (Wildman–Crippen LogP) is 4.31. The minimum Gasteiger partial charge on any atom is -0.459 e. The summed E-state index contributed by atoms with van der Waals surface area (Å²) in [6.07, 6.45) is -7.30. The summed E-state index contributed by atoms with van der Waals surface area (Å²) in [4.78, 5) is 67.1. The minimum atomic E-state index is -2.44. The van der Waals surface area contributed by atoms with E-state index < -0.39 is 112 Å². The van der Waals surface area contributed by atoms with Gasteiger partial charge in [-0.15, -0.1) is 0 Å². The summed E-state index contributed by atoms with van der Waals surface area (Å²) in [5.74, 6) is -10.1. The van der Waals surface area contributed by atoms with Crippen LogP contribution >= 0.6 is 0 Å². The molecule has 0 amide bonds. The Bertz CT molecular complexity index is 1950. The molecule has 3 saturated carbocycles. The second-order valence-electron chi connectivity index (χ2n) is 16.1. The normalized spacial score (nSPS) is 41.6. The molecule has 0 radical (unpaired) electrons. The number of carbonyl (C=O) groups excluding carboxylic acids is 5. The molecule has 14 heteroatoms. The summed E-state index contributed by atoms with van der Waals surface area (Å²) >= 11 is 0. The lowest BCUT2D eigenvalue weighted by atomic mass is 9.52. The average Bonchev–Trinajstić information content (AvgIpc) is 3.53. The highest BCUT2D eigenvalue weighted by atomic mass is 16.9. The van der Waals surface area contributed by atoms with Gasteiger partial charge in [-0.05, 0) is 43.9 Å². The number of hydrogen-bond donors (Lipinski definition) is 1. The van der Waals surface area contributed by atoms with Crippen molar-refractivity contribution in [2.75, 3.05) is 0 Å². The van der Waals surface area contributed by atoms with Gasteiger partial charge in [0.15, 0.2) is 23.4 Å². The molecular formula is C42H48O14. The predicted molar refractivity (Wildman–Crippen MR) is 193 cm³/mol. The minimum absolute atomic E-state index is 0.0625. The lowest BCUT2D eigenvalue weighted by molar-refractivity contribution is -0.447. The maximum Gasteiger partial charge on any atom is 0.338 e. The first-order valence-corrected chi connectivity index (χ1v) is 18.8. The maximum atomic E-state index is 14.3.